The minimum absolute atomic E-state index is 0.205. The first-order chi connectivity index (χ1) is 9.93. The molecule has 0 aliphatic rings. The summed E-state index contributed by atoms with van der Waals surface area (Å²) >= 11 is 11.6. The van der Waals surface area contributed by atoms with Crippen molar-refractivity contribution >= 4 is 35.0 Å². The Bertz CT molecular complexity index is 509. The van der Waals surface area contributed by atoms with Gasteiger partial charge in [-0.1, -0.05) is 30.1 Å². The first-order valence-corrected chi connectivity index (χ1v) is 7.34. The van der Waals surface area contributed by atoms with Crippen LogP contribution in [0.25, 0.3) is 0 Å². The second-order valence-electron chi connectivity index (χ2n) is 4.44. The maximum absolute atomic E-state index is 11.7. The van der Waals surface area contributed by atoms with Crippen molar-refractivity contribution in [1.29, 1.82) is 0 Å². The van der Waals surface area contributed by atoms with Gasteiger partial charge in [-0.05, 0) is 25.5 Å². The van der Waals surface area contributed by atoms with Gasteiger partial charge in [-0.15, -0.1) is 0 Å². The normalized spacial score (nSPS) is 11.6. The molecule has 1 aromatic carbocycles. The van der Waals surface area contributed by atoms with Crippen molar-refractivity contribution in [1.82, 2.24) is 10.6 Å². The molecule has 2 N–H and O–H groups in total. The number of amides is 2. The van der Waals surface area contributed by atoms with Crippen LogP contribution in [0.15, 0.2) is 18.2 Å². The van der Waals surface area contributed by atoms with Crippen LogP contribution >= 0.6 is 23.2 Å². The van der Waals surface area contributed by atoms with E-state index in [1.165, 1.54) is 6.07 Å². The molecule has 5 nitrogen and oxygen atoms in total. The minimum Gasteiger partial charge on any atom is -0.484 e. The molecule has 1 rings (SSSR count). The minimum atomic E-state index is -0.610. The van der Waals surface area contributed by atoms with Crippen molar-refractivity contribution < 1.29 is 14.3 Å². The third-order valence-corrected chi connectivity index (χ3v) is 3.32. The van der Waals surface area contributed by atoms with Gasteiger partial charge in [0.05, 0.1) is 10.0 Å². The van der Waals surface area contributed by atoms with Gasteiger partial charge in [0.15, 0.2) is 6.61 Å². The Morgan fingerprint density at radius 2 is 2.00 bits per heavy atom. The molecule has 0 bridgehead atoms. The highest BCUT2D eigenvalue weighted by Crippen LogP contribution is 2.26. The van der Waals surface area contributed by atoms with E-state index in [2.05, 4.69) is 10.6 Å². The molecule has 7 heteroatoms. The summed E-state index contributed by atoms with van der Waals surface area (Å²) in [5, 5.41) is 6.01. The quantitative estimate of drug-likeness (QED) is 0.805. The Morgan fingerprint density at radius 1 is 1.29 bits per heavy atom. The summed E-state index contributed by atoms with van der Waals surface area (Å²) in [6.45, 7) is 3.94. The zero-order valence-corrected chi connectivity index (χ0v) is 13.4. The van der Waals surface area contributed by atoms with Crippen LogP contribution in [0.2, 0.25) is 10.0 Å². The summed E-state index contributed by atoms with van der Waals surface area (Å²) < 4.78 is 5.28. The number of halogens is 2. The van der Waals surface area contributed by atoms with E-state index in [9.17, 15) is 9.59 Å². The van der Waals surface area contributed by atoms with Gasteiger partial charge >= 0.3 is 0 Å². The SMILES string of the molecule is CCCNC(=O)[C@@H](C)NC(=O)COc1ccc(Cl)c(Cl)c1. The first-order valence-electron chi connectivity index (χ1n) is 6.59. The molecule has 0 aliphatic carbocycles. The number of hydrogen-bond acceptors (Lipinski definition) is 3. The first kappa shape index (κ1) is 17.6. The predicted molar refractivity (Wildman–Crippen MR) is 82.9 cm³/mol. The molecule has 0 heterocycles. The maximum Gasteiger partial charge on any atom is 0.258 e. The van der Waals surface area contributed by atoms with Gasteiger partial charge < -0.3 is 15.4 Å². The van der Waals surface area contributed by atoms with Gasteiger partial charge in [0.25, 0.3) is 5.91 Å². The van der Waals surface area contributed by atoms with E-state index in [4.69, 9.17) is 27.9 Å². The highest BCUT2D eigenvalue weighted by molar-refractivity contribution is 6.42. The lowest BCUT2D eigenvalue weighted by atomic mass is 10.3. The molecule has 0 saturated heterocycles. The number of carbonyl (C=O) groups is 2. The molecule has 2 amide bonds. The summed E-state index contributed by atoms with van der Waals surface area (Å²) in [5.41, 5.74) is 0. The molecule has 116 valence electrons. The fraction of sp³-hybridized carbons (Fsp3) is 0.429. The summed E-state index contributed by atoms with van der Waals surface area (Å²) in [6, 6.07) is 4.10. The molecule has 0 aliphatic heterocycles. The van der Waals surface area contributed by atoms with E-state index >= 15 is 0 Å². The van der Waals surface area contributed by atoms with E-state index in [0.29, 0.717) is 22.3 Å². The predicted octanol–water partition coefficient (Wildman–Crippen LogP) is 2.40. The molecular weight excluding hydrogens is 315 g/mol. The number of rotatable bonds is 7. The van der Waals surface area contributed by atoms with Crippen molar-refractivity contribution in [3.8, 4) is 5.75 Å². The maximum atomic E-state index is 11.7. The lowest BCUT2D eigenvalue weighted by Crippen LogP contribution is -2.46. The van der Waals surface area contributed by atoms with Crippen LogP contribution in [-0.2, 0) is 9.59 Å². The van der Waals surface area contributed by atoms with Crippen LogP contribution in [0.3, 0.4) is 0 Å². The van der Waals surface area contributed by atoms with Crippen LogP contribution in [0, 0.1) is 0 Å². The van der Waals surface area contributed by atoms with E-state index in [0.717, 1.165) is 6.42 Å². The monoisotopic (exact) mass is 332 g/mol. The molecule has 1 aromatic rings. The number of nitrogens with one attached hydrogen (secondary N) is 2. The van der Waals surface area contributed by atoms with Crippen molar-refractivity contribution in [2.75, 3.05) is 13.2 Å². The fourth-order valence-electron chi connectivity index (χ4n) is 1.47. The zero-order chi connectivity index (χ0) is 15.8. The van der Waals surface area contributed by atoms with Crippen molar-refractivity contribution in [3.63, 3.8) is 0 Å². The molecule has 0 spiro atoms. The summed E-state index contributed by atoms with van der Waals surface area (Å²) in [7, 11) is 0. The highest BCUT2D eigenvalue weighted by Gasteiger charge is 2.15. The van der Waals surface area contributed by atoms with Crippen molar-refractivity contribution in [2.24, 2.45) is 0 Å². The largest absolute Gasteiger partial charge is 0.484 e. The number of benzene rings is 1. The molecule has 0 radical (unpaired) electrons. The van der Waals surface area contributed by atoms with Gasteiger partial charge in [-0.2, -0.15) is 0 Å². The van der Waals surface area contributed by atoms with E-state index < -0.39 is 6.04 Å². The Labute approximate surface area is 133 Å². The Balaban J connectivity index is 2.39. The van der Waals surface area contributed by atoms with Crippen LogP contribution in [-0.4, -0.2) is 31.0 Å². The van der Waals surface area contributed by atoms with Crippen molar-refractivity contribution in [2.45, 2.75) is 26.3 Å². The average Bonchev–Trinajstić information content (AvgIpc) is 2.45. The zero-order valence-electron chi connectivity index (χ0n) is 11.9. The topological polar surface area (TPSA) is 67.4 Å². The van der Waals surface area contributed by atoms with Gasteiger partial charge in [-0.3, -0.25) is 9.59 Å². The second kappa shape index (κ2) is 8.74. The highest BCUT2D eigenvalue weighted by atomic mass is 35.5. The second-order valence-corrected chi connectivity index (χ2v) is 5.26. The van der Waals surface area contributed by atoms with Crippen molar-refractivity contribution in [3.05, 3.63) is 28.2 Å². The Hall–Kier alpha value is -1.46. The van der Waals surface area contributed by atoms with Crippen LogP contribution in [0.4, 0.5) is 0 Å². The smallest absolute Gasteiger partial charge is 0.258 e. The van der Waals surface area contributed by atoms with E-state index in [1.54, 1.807) is 19.1 Å². The molecule has 0 fully saturated rings. The molecule has 1 atom stereocenters. The third kappa shape index (κ3) is 6.23. The van der Waals surface area contributed by atoms with Crippen LogP contribution in [0.5, 0.6) is 5.75 Å². The molecule has 0 unspecified atom stereocenters. The van der Waals surface area contributed by atoms with E-state index in [-0.39, 0.29) is 18.4 Å². The van der Waals surface area contributed by atoms with Gasteiger partial charge in [0.1, 0.15) is 11.8 Å². The van der Waals surface area contributed by atoms with Gasteiger partial charge in [-0.25, -0.2) is 0 Å². The molecule has 0 saturated carbocycles. The summed E-state index contributed by atoms with van der Waals surface area (Å²) in [5.74, 6) is -0.178. The lowest BCUT2D eigenvalue weighted by molar-refractivity contribution is -0.129. The Kier molecular flexibility index (Phi) is 7.32. The summed E-state index contributed by atoms with van der Waals surface area (Å²) in [4.78, 5) is 23.3. The number of carbonyl (C=O) groups excluding carboxylic acids is 2. The van der Waals surface area contributed by atoms with E-state index in [1.807, 2.05) is 6.92 Å². The fourth-order valence-corrected chi connectivity index (χ4v) is 1.75. The van der Waals surface area contributed by atoms with Crippen LogP contribution < -0.4 is 15.4 Å². The molecule has 0 aromatic heterocycles. The van der Waals surface area contributed by atoms with Crippen LogP contribution in [0.1, 0.15) is 20.3 Å². The third-order valence-electron chi connectivity index (χ3n) is 2.58. The van der Waals surface area contributed by atoms with Gasteiger partial charge in [0.2, 0.25) is 5.91 Å². The Morgan fingerprint density at radius 3 is 2.62 bits per heavy atom. The standard InChI is InChI=1S/C14H18Cl2N2O3/c1-3-6-17-14(20)9(2)18-13(19)8-21-10-4-5-11(15)12(16)7-10/h4-5,7,9H,3,6,8H2,1-2H3,(H,17,20)(H,18,19)/t9-/m1/s1. The van der Waals surface area contributed by atoms with Gasteiger partial charge in [0, 0.05) is 12.6 Å². The number of hydrogen-bond donors (Lipinski definition) is 2. The number of ether oxygens (including phenoxy) is 1. The summed E-state index contributed by atoms with van der Waals surface area (Å²) in [6.07, 6.45) is 0.840. The molecular formula is C14H18Cl2N2O3. The molecule has 21 heavy (non-hydrogen) atoms. The average molecular weight is 333 g/mol. The lowest BCUT2D eigenvalue weighted by Gasteiger charge is -2.14.